The number of hydrogen-bond acceptors (Lipinski definition) is 7. The third kappa shape index (κ3) is 5.31. The number of benzene rings is 2. The predicted molar refractivity (Wildman–Crippen MR) is 148 cm³/mol. The van der Waals surface area contributed by atoms with Gasteiger partial charge < -0.3 is 4.74 Å². The molecule has 1 amide bonds. The van der Waals surface area contributed by atoms with Crippen molar-refractivity contribution >= 4 is 42.6 Å². The molecule has 38 heavy (non-hydrogen) atoms. The SMILES string of the molecule is COc1ccc(S(=O)(=O)N2CCCC(C(=O)N(CCn3cccn3)c3nc4c(C)cc(C)cc4s3)C2)cc1. The topological polar surface area (TPSA) is 97.6 Å². The molecule has 2 aromatic heterocycles. The summed E-state index contributed by atoms with van der Waals surface area (Å²) in [6.45, 7) is 5.48. The van der Waals surface area contributed by atoms with E-state index in [2.05, 4.69) is 17.2 Å². The van der Waals surface area contributed by atoms with E-state index in [4.69, 9.17) is 9.72 Å². The van der Waals surface area contributed by atoms with Gasteiger partial charge in [-0.2, -0.15) is 9.40 Å². The predicted octanol–water partition coefficient (Wildman–Crippen LogP) is 4.25. The maximum atomic E-state index is 14.0. The van der Waals surface area contributed by atoms with E-state index in [1.807, 2.05) is 26.1 Å². The lowest BCUT2D eigenvalue weighted by molar-refractivity contribution is -0.123. The third-order valence-electron chi connectivity index (χ3n) is 6.86. The van der Waals surface area contributed by atoms with Gasteiger partial charge in [0.25, 0.3) is 0 Å². The van der Waals surface area contributed by atoms with Crippen LogP contribution in [0.25, 0.3) is 10.2 Å². The zero-order valence-corrected chi connectivity index (χ0v) is 23.3. The Bertz CT molecular complexity index is 1530. The van der Waals surface area contributed by atoms with Crippen molar-refractivity contribution in [3.05, 3.63) is 66.0 Å². The molecular formula is C27H31N5O4S2. The first-order valence-electron chi connectivity index (χ1n) is 12.6. The maximum absolute atomic E-state index is 14.0. The van der Waals surface area contributed by atoms with Crippen molar-refractivity contribution in [2.75, 3.05) is 31.6 Å². The summed E-state index contributed by atoms with van der Waals surface area (Å²) in [6.07, 6.45) is 4.79. The van der Waals surface area contributed by atoms with Crippen LogP contribution in [0.15, 0.2) is 59.8 Å². The Hall–Kier alpha value is -3.28. The van der Waals surface area contributed by atoms with Crippen LogP contribution >= 0.6 is 11.3 Å². The van der Waals surface area contributed by atoms with Crippen LogP contribution < -0.4 is 9.64 Å². The molecule has 3 heterocycles. The molecule has 1 unspecified atom stereocenters. The van der Waals surface area contributed by atoms with Crippen molar-refractivity contribution in [1.82, 2.24) is 19.1 Å². The number of aromatic nitrogens is 3. The Morgan fingerprint density at radius 1 is 1.21 bits per heavy atom. The standard InChI is InChI=1S/C27H31N5O4S2/c1-19-16-20(2)25-24(17-19)37-27(29-25)32(15-14-30-12-5-11-28-30)26(33)21-6-4-13-31(18-21)38(34,35)23-9-7-22(36-3)8-10-23/h5,7-12,16-17,21H,4,6,13-15,18H2,1-3H3. The third-order valence-corrected chi connectivity index (χ3v) is 9.76. The van der Waals surface area contributed by atoms with Crippen molar-refractivity contribution in [2.45, 2.75) is 38.1 Å². The summed E-state index contributed by atoms with van der Waals surface area (Å²) in [5.41, 5.74) is 3.10. The molecule has 0 N–H and O–H groups in total. The highest BCUT2D eigenvalue weighted by Gasteiger charge is 2.36. The Balaban J connectivity index is 1.42. The van der Waals surface area contributed by atoms with Crippen LogP contribution in [0.5, 0.6) is 5.75 Å². The van der Waals surface area contributed by atoms with Gasteiger partial charge in [-0.15, -0.1) is 0 Å². The molecule has 5 rings (SSSR count). The van der Waals surface area contributed by atoms with Gasteiger partial charge >= 0.3 is 0 Å². The molecule has 4 aromatic rings. The number of hydrogen-bond donors (Lipinski definition) is 0. The van der Waals surface area contributed by atoms with Gasteiger partial charge in [0.2, 0.25) is 15.9 Å². The summed E-state index contributed by atoms with van der Waals surface area (Å²) >= 11 is 1.49. The lowest BCUT2D eigenvalue weighted by Gasteiger charge is -2.33. The number of amides is 1. The Morgan fingerprint density at radius 2 is 2.00 bits per heavy atom. The van der Waals surface area contributed by atoms with E-state index in [-0.39, 0.29) is 17.3 Å². The smallest absolute Gasteiger partial charge is 0.243 e. The summed E-state index contributed by atoms with van der Waals surface area (Å²) in [5, 5.41) is 4.90. The minimum Gasteiger partial charge on any atom is -0.497 e. The molecule has 0 radical (unpaired) electrons. The minimum absolute atomic E-state index is 0.111. The van der Waals surface area contributed by atoms with Gasteiger partial charge in [-0.05, 0) is 74.2 Å². The van der Waals surface area contributed by atoms with Gasteiger partial charge in [-0.25, -0.2) is 13.4 Å². The van der Waals surface area contributed by atoms with Gasteiger partial charge in [-0.3, -0.25) is 14.4 Å². The van der Waals surface area contributed by atoms with Crippen molar-refractivity contribution in [2.24, 2.45) is 5.92 Å². The molecule has 0 saturated carbocycles. The van der Waals surface area contributed by atoms with Crippen LogP contribution in [0.1, 0.15) is 24.0 Å². The molecular weight excluding hydrogens is 522 g/mol. The van der Waals surface area contributed by atoms with E-state index in [0.717, 1.165) is 21.3 Å². The fourth-order valence-corrected chi connectivity index (χ4v) is 7.59. The molecule has 11 heteroatoms. The average Bonchev–Trinajstić information content (AvgIpc) is 3.59. The minimum atomic E-state index is -3.74. The van der Waals surface area contributed by atoms with Crippen molar-refractivity contribution in [3.8, 4) is 5.75 Å². The number of fused-ring (bicyclic) bond motifs is 1. The fourth-order valence-electron chi connectivity index (χ4n) is 4.89. The van der Waals surface area contributed by atoms with Gasteiger partial charge in [0.05, 0.1) is 34.7 Å². The lowest BCUT2D eigenvalue weighted by atomic mass is 9.98. The number of nitrogens with zero attached hydrogens (tertiary/aromatic N) is 5. The number of piperidine rings is 1. The molecule has 1 fully saturated rings. The number of rotatable bonds is 8. The highest BCUT2D eigenvalue weighted by Crippen LogP contribution is 2.34. The molecule has 2 aromatic carbocycles. The fraction of sp³-hybridized carbons (Fsp3) is 0.370. The van der Waals surface area contributed by atoms with Gasteiger partial charge in [0.15, 0.2) is 5.13 Å². The van der Waals surface area contributed by atoms with E-state index < -0.39 is 15.9 Å². The molecule has 1 atom stereocenters. The summed E-state index contributed by atoms with van der Waals surface area (Å²) in [4.78, 5) is 20.8. The number of aryl methyl sites for hydroxylation is 2. The lowest BCUT2D eigenvalue weighted by Crippen LogP contribution is -2.47. The van der Waals surface area contributed by atoms with Crippen LogP contribution in [0.3, 0.4) is 0 Å². The van der Waals surface area contributed by atoms with E-state index in [0.29, 0.717) is 43.4 Å². The largest absolute Gasteiger partial charge is 0.497 e. The normalized spacial score (nSPS) is 16.6. The Labute approximate surface area is 226 Å². The number of thiazole rings is 1. The number of carbonyl (C=O) groups is 1. The quantitative estimate of drug-likeness (QED) is 0.324. The zero-order valence-electron chi connectivity index (χ0n) is 21.7. The van der Waals surface area contributed by atoms with Crippen LogP contribution in [0.2, 0.25) is 0 Å². The summed E-state index contributed by atoms with van der Waals surface area (Å²) in [7, 11) is -2.20. The molecule has 1 aliphatic heterocycles. The molecule has 9 nitrogen and oxygen atoms in total. The summed E-state index contributed by atoms with van der Waals surface area (Å²) in [5.74, 6) is 0.00851. The number of methoxy groups -OCH3 is 1. The van der Waals surface area contributed by atoms with E-state index >= 15 is 0 Å². The van der Waals surface area contributed by atoms with Gasteiger partial charge in [0, 0.05) is 32.0 Å². The molecule has 0 spiro atoms. The number of anilines is 1. The zero-order chi connectivity index (χ0) is 26.9. The number of sulfonamides is 1. The molecule has 200 valence electrons. The first kappa shape index (κ1) is 26.3. The van der Waals surface area contributed by atoms with E-state index in [9.17, 15) is 13.2 Å². The van der Waals surface area contributed by atoms with Gasteiger partial charge in [0.1, 0.15) is 5.75 Å². The molecule has 0 bridgehead atoms. The molecule has 1 aliphatic rings. The van der Waals surface area contributed by atoms with Crippen molar-refractivity contribution in [3.63, 3.8) is 0 Å². The molecule has 0 aliphatic carbocycles. The summed E-state index contributed by atoms with van der Waals surface area (Å²) in [6, 6.07) is 12.4. The van der Waals surface area contributed by atoms with Crippen LogP contribution in [-0.4, -0.2) is 60.1 Å². The highest BCUT2D eigenvalue weighted by molar-refractivity contribution is 7.89. The number of carbonyl (C=O) groups excluding carboxylic acids is 1. The van der Waals surface area contributed by atoms with Gasteiger partial charge in [-0.1, -0.05) is 17.4 Å². The maximum Gasteiger partial charge on any atom is 0.243 e. The van der Waals surface area contributed by atoms with Crippen LogP contribution in [0.4, 0.5) is 5.13 Å². The van der Waals surface area contributed by atoms with Crippen LogP contribution in [-0.2, 0) is 21.4 Å². The van der Waals surface area contributed by atoms with Crippen molar-refractivity contribution in [1.29, 1.82) is 0 Å². The first-order valence-corrected chi connectivity index (χ1v) is 14.8. The molecule has 1 saturated heterocycles. The highest BCUT2D eigenvalue weighted by atomic mass is 32.2. The second-order valence-corrected chi connectivity index (χ2v) is 12.5. The Morgan fingerprint density at radius 3 is 2.71 bits per heavy atom. The monoisotopic (exact) mass is 553 g/mol. The second-order valence-electron chi connectivity index (χ2n) is 9.56. The second kappa shape index (κ2) is 10.8. The van der Waals surface area contributed by atoms with Crippen molar-refractivity contribution < 1.29 is 17.9 Å². The van der Waals surface area contributed by atoms with Crippen LogP contribution in [0, 0.1) is 19.8 Å². The first-order chi connectivity index (χ1) is 18.3. The number of ether oxygens (including phenoxy) is 1. The van der Waals surface area contributed by atoms with E-state index in [1.54, 1.807) is 40.0 Å². The average molecular weight is 554 g/mol. The van der Waals surface area contributed by atoms with E-state index in [1.165, 1.54) is 22.8 Å². The summed E-state index contributed by atoms with van der Waals surface area (Å²) < 4.78 is 36.2. The Kier molecular flexibility index (Phi) is 7.51.